The Balaban J connectivity index is 2.20. The topological polar surface area (TPSA) is 38.3 Å². The number of alkyl carbamates (subject to hydrolysis) is 1. The molecule has 3 heteroatoms. The van der Waals surface area contributed by atoms with Crippen molar-refractivity contribution in [3.63, 3.8) is 0 Å². The highest BCUT2D eigenvalue weighted by atomic mass is 16.6. The molecule has 1 N–H and O–H groups in total. The van der Waals surface area contributed by atoms with E-state index in [2.05, 4.69) is 12.2 Å². The highest BCUT2D eigenvalue weighted by molar-refractivity contribution is 5.68. The molecule has 0 aromatic heterocycles. The van der Waals surface area contributed by atoms with E-state index in [1.165, 1.54) is 0 Å². The quantitative estimate of drug-likeness (QED) is 0.717. The summed E-state index contributed by atoms with van der Waals surface area (Å²) < 4.78 is 5.13. The molecule has 13 heavy (non-hydrogen) atoms. The van der Waals surface area contributed by atoms with Crippen molar-refractivity contribution in [1.82, 2.24) is 5.32 Å². The third-order valence-electron chi connectivity index (χ3n) is 2.15. The van der Waals surface area contributed by atoms with E-state index in [-0.39, 0.29) is 11.7 Å². The lowest BCUT2D eigenvalue weighted by Crippen LogP contribution is -2.34. The molecule has 1 aliphatic carbocycles. The second kappa shape index (κ2) is 3.56. The number of nitrogens with one attached hydrogen (secondary N) is 1. The number of carbonyl (C=O) groups is 1. The van der Waals surface area contributed by atoms with E-state index in [0.29, 0.717) is 12.0 Å². The summed E-state index contributed by atoms with van der Waals surface area (Å²) in [6, 6.07) is 0.361. The smallest absolute Gasteiger partial charge is 0.407 e. The van der Waals surface area contributed by atoms with E-state index in [1.54, 1.807) is 0 Å². The molecule has 0 heterocycles. The molecule has 76 valence electrons. The first kappa shape index (κ1) is 10.4. The number of amides is 1. The van der Waals surface area contributed by atoms with Gasteiger partial charge in [-0.05, 0) is 33.1 Å². The molecule has 1 amide bonds. The van der Waals surface area contributed by atoms with E-state index in [1.807, 2.05) is 20.8 Å². The zero-order chi connectivity index (χ0) is 10.1. The average molecular weight is 185 g/mol. The van der Waals surface area contributed by atoms with Gasteiger partial charge >= 0.3 is 6.09 Å². The Hall–Kier alpha value is -0.730. The van der Waals surface area contributed by atoms with Crippen molar-refractivity contribution in [2.24, 2.45) is 5.92 Å². The Morgan fingerprint density at radius 1 is 1.54 bits per heavy atom. The molecule has 1 rings (SSSR count). The van der Waals surface area contributed by atoms with Gasteiger partial charge in [0.2, 0.25) is 0 Å². The maximum absolute atomic E-state index is 11.2. The summed E-state index contributed by atoms with van der Waals surface area (Å²) in [7, 11) is 0. The van der Waals surface area contributed by atoms with Crippen LogP contribution in [0, 0.1) is 5.92 Å². The largest absolute Gasteiger partial charge is 0.444 e. The maximum Gasteiger partial charge on any atom is 0.407 e. The predicted octanol–water partition coefficient (Wildman–Crippen LogP) is 2.31. The van der Waals surface area contributed by atoms with Gasteiger partial charge in [-0.2, -0.15) is 0 Å². The van der Waals surface area contributed by atoms with Gasteiger partial charge in [0.25, 0.3) is 0 Å². The van der Waals surface area contributed by atoms with Gasteiger partial charge in [-0.1, -0.05) is 13.3 Å². The van der Waals surface area contributed by atoms with Crippen molar-refractivity contribution < 1.29 is 9.53 Å². The molecule has 0 radical (unpaired) electrons. The molecule has 0 aromatic carbocycles. The van der Waals surface area contributed by atoms with Crippen LogP contribution in [0.2, 0.25) is 0 Å². The fraction of sp³-hybridized carbons (Fsp3) is 0.900. The van der Waals surface area contributed by atoms with Crippen molar-refractivity contribution in [3.8, 4) is 0 Å². The predicted molar refractivity (Wildman–Crippen MR) is 51.6 cm³/mol. The summed E-state index contributed by atoms with van der Waals surface area (Å²) in [6.07, 6.45) is 1.96. The Labute approximate surface area is 79.8 Å². The molecule has 2 unspecified atom stereocenters. The molecule has 1 saturated carbocycles. The van der Waals surface area contributed by atoms with E-state index >= 15 is 0 Å². The van der Waals surface area contributed by atoms with E-state index in [9.17, 15) is 4.79 Å². The standard InChI is InChI=1S/C10H19NO2/c1-5-7-6-8(7)11-9(12)13-10(2,3)4/h7-8H,5-6H2,1-4H3,(H,11,12). The number of rotatable bonds is 2. The van der Waals surface area contributed by atoms with Crippen LogP contribution >= 0.6 is 0 Å². The van der Waals surface area contributed by atoms with Gasteiger partial charge in [-0.25, -0.2) is 4.79 Å². The SMILES string of the molecule is CCC1CC1NC(=O)OC(C)(C)C. The molecule has 0 aliphatic heterocycles. The molecule has 1 aliphatic rings. The molecule has 0 bridgehead atoms. The van der Waals surface area contributed by atoms with Gasteiger partial charge in [0.15, 0.2) is 0 Å². The molecular formula is C10H19NO2. The van der Waals surface area contributed by atoms with Crippen LogP contribution < -0.4 is 5.32 Å². The van der Waals surface area contributed by atoms with Gasteiger partial charge in [0.05, 0.1) is 0 Å². The van der Waals surface area contributed by atoms with Crippen LogP contribution in [0.25, 0.3) is 0 Å². The fourth-order valence-corrected chi connectivity index (χ4v) is 1.33. The number of ether oxygens (including phenoxy) is 1. The molecule has 1 fully saturated rings. The lowest BCUT2D eigenvalue weighted by atomic mass is 10.2. The highest BCUT2D eigenvalue weighted by Gasteiger charge is 2.37. The monoisotopic (exact) mass is 185 g/mol. The maximum atomic E-state index is 11.2. The fourth-order valence-electron chi connectivity index (χ4n) is 1.33. The third kappa shape index (κ3) is 3.66. The summed E-state index contributed by atoms with van der Waals surface area (Å²) in [5.74, 6) is 0.674. The molecule has 3 nitrogen and oxygen atoms in total. The number of carbonyl (C=O) groups excluding carboxylic acids is 1. The zero-order valence-electron chi connectivity index (χ0n) is 8.89. The van der Waals surface area contributed by atoms with Crippen LogP contribution in [-0.4, -0.2) is 17.7 Å². The van der Waals surface area contributed by atoms with Crippen LogP contribution in [0.1, 0.15) is 40.5 Å². The second-order valence-electron chi connectivity index (χ2n) is 4.66. The van der Waals surface area contributed by atoms with Gasteiger partial charge in [0.1, 0.15) is 5.60 Å². The third-order valence-corrected chi connectivity index (χ3v) is 2.15. The molecular weight excluding hydrogens is 166 g/mol. The minimum Gasteiger partial charge on any atom is -0.444 e. The van der Waals surface area contributed by atoms with Crippen molar-refractivity contribution in [3.05, 3.63) is 0 Å². The van der Waals surface area contributed by atoms with Gasteiger partial charge < -0.3 is 10.1 Å². The summed E-state index contributed by atoms with van der Waals surface area (Å²) >= 11 is 0. The Kier molecular flexibility index (Phi) is 2.84. The van der Waals surface area contributed by atoms with Crippen LogP contribution in [-0.2, 0) is 4.74 Å². The van der Waals surface area contributed by atoms with Gasteiger partial charge in [0, 0.05) is 6.04 Å². The van der Waals surface area contributed by atoms with Crippen LogP contribution in [0.5, 0.6) is 0 Å². The van der Waals surface area contributed by atoms with E-state index in [0.717, 1.165) is 12.8 Å². The highest BCUT2D eigenvalue weighted by Crippen LogP contribution is 2.33. The molecule has 0 spiro atoms. The van der Waals surface area contributed by atoms with Gasteiger partial charge in [-0.3, -0.25) is 0 Å². The van der Waals surface area contributed by atoms with Crippen molar-refractivity contribution in [1.29, 1.82) is 0 Å². The first-order valence-corrected chi connectivity index (χ1v) is 4.92. The Bertz CT molecular complexity index is 196. The molecule has 2 atom stereocenters. The first-order valence-electron chi connectivity index (χ1n) is 4.92. The second-order valence-corrected chi connectivity index (χ2v) is 4.66. The zero-order valence-corrected chi connectivity index (χ0v) is 8.89. The Morgan fingerprint density at radius 3 is 2.54 bits per heavy atom. The number of hydrogen-bond acceptors (Lipinski definition) is 2. The van der Waals surface area contributed by atoms with Crippen LogP contribution in [0.3, 0.4) is 0 Å². The molecule has 0 saturated heterocycles. The Morgan fingerprint density at radius 2 is 2.15 bits per heavy atom. The summed E-state index contributed by atoms with van der Waals surface area (Å²) in [4.78, 5) is 11.2. The lowest BCUT2D eigenvalue weighted by molar-refractivity contribution is 0.0521. The van der Waals surface area contributed by atoms with Gasteiger partial charge in [-0.15, -0.1) is 0 Å². The van der Waals surface area contributed by atoms with E-state index < -0.39 is 0 Å². The van der Waals surface area contributed by atoms with Crippen LogP contribution in [0.4, 0.5) is 4.79 Å². The van der Waals surface area contributed by atoms with Crippen molar-refractivity contribution in [2.75, 3.05) is 0 Å². The minimum atomic E-state index is -0.388. The minimum absolute atomic E-state index is 0.284. The molecule has 0 aromatic rings. The average Bonchev–Trinajstić information content (AvgIpc) is 2.62. The van der Waals surface area contributed by atoms with Crippen LogP contribution in [0.15, 0.2) is 0 Å². The van der Waals surface area contributed by atoms with Crippen molar-refractivity contribution >= 4 is 6.09 Å². The lowest BCUT2D eigenvalue weighted by Gasteiger charge is -2.19. The normalized spacial score (nSPS) is 26.8. The summed E-state index contributed by atoms with van der Waals surface area (Å²) in [6.45, 7) is 7.76. The summed E-state index contributed by atoms with van der Waals surface area (Å²) in [5.41, 5.74) is -0.388. The van der Waals surface area contributed by atoms with Crippen molar-refractivity contribution in [2.45, 2.75) is 52.2 Å². The van der Waals surface area contributed by atoms with E-state index in [4.69, 9.17) is 4.74 Å². The number of hydrogen-bond donors (Lipinski definition) is 1. The summed E-state index contributed by atoms with van der Waals surface area (Å²) in [5, 5.41) is 2.85. The first-order chi connectivity index (χ1) is 5.92.